The van der Waals surface area contributed by atoms with Crippen molar-refractivity contribution in [3.05, 3.63) is 102 Å². The number of carbonyl (C=O) groups is 1. The number of piperidine rings is 1. The fourth-order valence-electron chi connectivity index (χ4n) is 4.62. The van der Waals surface area contributed by atoms with Crippen molar-refractivity contribution in [3.8, 4) is 0 Å². The second-order valence-corrected chi connectivity index (χ2v) is 8.52. The van der Waals surface area contributed by atoms with E-state index < -0.39 is 0 Å². The lowest BCUT2D eigenvalue weighted by Gasteiger charge is -2.33. The fraction of sp³-hybridized carbons (Fsp3) is 0.259. The molecule has 0 bridgehead atoms. The van der Waals surface area contributed by atoms with E-state index in [1.165, 1.54) is 5.52 Å². The predicted octanol–water partition coefficient (Wildman–Crippen LogP) is 5.25. The predicted molar refractivity (Wildman–Crippen MR) is 127 cm³/mol. The Hall–Kier alpha value is -3.60. The second kappa shape index (κ2) is 9.27. The van der Waals surface area contributed by atoms with E-state index in [0.717, 1.165) is 49.1 Å². The molecule has 2 heterocycles. The highest BCUT2D eigenvalue weighted by Crippen LogP contribution is 2.25. The van der Waals surface area contributed by atoms with Crippen LogP contribution in [-0.4, -0.2) is 33.6 Å². The number of rotatable bonds is 5. The van der Waals surface area contributed by atoms with E-state index in [1.807, 2.05) is 53.7 Å². The van der Waals surface area contributed by atoms with Crippen LogP contribution in [0, 0.1) is 5.92 Å². The average Bonchev–Trinajstić information content (AvgIpc) is 3.27. The molecule has 1 aromatic heterocycles. The van der Waals surface area contributed by atoms with Crippen molar-refractivity contribution < 1.29 is 4.79 Å². The summed E-state index contributed by atoms with van der Waals surface area (Å²) < 4.78 is 2.25. The first-order valence-electron chi connectivity index (χ1n) is 11.3. The number of benzene rings is 3. The molecule has 0 aliphatic carbocycles. The third-order valence-electron chi connectivity index (χ3n) is 6.42. The van der Waals surface area contributed by atoms with E-state index in [2.05, 4.69) is 57.3 Å². The van der Waals surface area contributed by atoms with Crippen LogP contribution in [-0.2, 0) is 6.54 Å². The molecule has 0 atom stereocenters. The molecule has 0 radical (unpaired) electrons. The number of fused-ring (bicyclic) bond motifs is 1. The second-order valence-electron chi connectivity index (χ2n) is 8.52. The van der Waals surface area contributed by atoms with E-state index in [-0.39, 0.29) is 12.1 Å². The first kappa shape index (κ1) is 20.3. The number of hydrogen-bond donors (Lipinski definition) is 1. The third kappa shape index (κ3) is 4.37. The SMILES string of the molecule is O=C(NC(c1ccccc1)c1ccccc1)N1CCC(Cn2cnc3ccccc32)CC1. The Morgan fingerprint density at radius 1 is 0.875 bits per heavy atom. The molecule has 1 N–H and O–H groups in total. The number of nitrogens with one attached hydrogen (secondary N) is 1. The van der Waals surface area contributed by atoms with Gasteiger partial charge < -0.3 is 14.8 Å². The van der Waals surface area contributed by atoms with E-state index in [0.29, 0.717) is 5.92 Å². The monoisotopic (exact) mass is 424 g/mol. The number of imidazole rings is 1. The summed E-state index contributed by atoms with van der Waals surface area (Å²) in [6.45, 7) is 2.51. The fourth-order valence-corrected chi connectivity index (χ4v) is 4.62. The van der Waals surface area contributed by atoms with Crippen LogP contribution in [0.1, 0.15) is 30.0 Å². The normalized spacial score (nSPS) is 14.7. The highest BCUT2D eigenvalue weighted by Gasteiger charge is 2.26. The molecule has 5 heteroatoms. The van der Waals surface area contributed by atoms with Gasteiger partial charge in [0.25, 0.3) is 0 Å². The topological polar surface area (TPSA) is 50.2 Å². The van der Waals surface area contributed by atoms with E-state index >= 15 is 0 Å². The van der Waals surface area contributed by atoms with Gasteiger partial charge in [-0.25, -0.2) is 9.78 Å². The molecule has 0 unspecified atom stereocenters. The number of amides is 2. The largest absolute Gasteiger partial charge is 0.330 e. The zero-order chi connectivity index (χ0) is 21.8. The molecule has 32 heavy (non-hydrogen) atoms. The molecule has 5 nitrogen and oxygen atoms in total. The zero-order valence-electron chi connectivity index (χ0n) is 18.1. The first-order valence-corrected chi connectivity index (χ1v) is 11.3. The van der Waals surface area contributed by atoms with E-state index in [9.17, 15) is 4.79 Å². The van der Waals surface area contributed by atoms with Crippen LogP contribution in [0.25, 0.3) is 11.0 Å². The van der Waals surface area contributed by atoms with Crippen LogP contribution < -0.4 is 5.32 Å². The Morgan fingerprint density at radius 3 is 2.12 bits per heavy atom. The van der Waals surface area contributed by atoms with Crippen LogP contribution >= 0.6 is 0 Å². The minimum Gasteiger partial charge on any atom is -0.330 e. The lowest BCUT2D eigenvalue weighted by molar-refractivity contribution is 0.164. The number of urea groups is 1. The van der Waals surface area contributed by atoms with Gasteiger partial charge in [0.1, 0.15) is 0 Å². The smallest absolute Gasteiger partial charge is 0.318 e. The molecular weight excluding hydrogens is 396 g/mol. The molecular formula is C27H28N4O. The molecule has 162 valence electrons. The summed E-state index contributed by atoms with van der Waals surface area (Å²) in [7, 11) is 0. The molecule has 4 aromatic rings. The number of para-hydroxylation sites is 2. The number of likely N-dealkylation sites (tertiary alicyclic amines) is 1. The van der Waals surface area contributed by atoms with Crippen molar-refractivity contribution in [3.63, 3.8) is 0 Å². The van der Waals surface area contributed by atoms with Gasteiger partial charge in [-0.05, 0) is 42.0 Å². The van der Waals surface area contributed by atoms with Gasteiger partial charge in [0.15, 0.2) is 0 Å². The van der Waals surface area contributed by atoms with E-state index in [4.69, 9.17) is 0 Å². The Morgan fingerprint density at radius 2 is 1.47 bits per heavy atom. The molecule has 1 saturated heterocycles. The van der Waals surface area contributed by atoms with Crippen molar-refractivity contribution in [2.24, 2.45) is 5.92 Å². The minimum atomic E-state index is -0.153. The lowest BCUT2D eigenvalue weighted by Crippen LogP contribution is -2.46. The first-order chi connectivity index (χ1) is 15.8. The summed E-state index contributed by atoms with van der Waals surface area (Å²) in [5.74, 6) is 0.552. The van der Waals surface area contributed by atoms with Crippen LogP contribution in [0.4, 0.5) is 4.79 Å². The quantitative estimate of drug-likeness (QED) is 0.476. The molecule has 1 aliphatic heterocycles. The van der Waals surface area contributed by atoms with Crippen molar-refractivity contribution in [2.75, 3.05) is 13.1 Å². The zero-order valence-corrected chi connectivity index (χ0v) is 18.1. The van der Waals surface area contributed by atoms with Gasteiger partial charge in [0, 0.05) is 19.6 Å². The molecule has 1 fully saturated rings. The molecule has 1 aliphatic rings. The van der Waals surface area contributed by atoms with Gasteiger partial charge in [0.05, 0.1) is 23.4 Å². The van der Waals surface area contributed by atoms with Gasteiger partial charge in [-0.15, -0.1) is 0 Å². The van der Waals surface area contributed by atoms with Crippen molar-refractivity contribution in [2.45, 2.75) is 25.4 Å². The van der Waals surface area contributed by atoms with E-state index in [1.54, 1.807) is 0 Å². The van der Waals surface area contributed by atoms with Crippen LogP contribution in [0.2, 0.25) is 0 Å². The average molecular weight is 425 g/mol. The third-order valence-corrected chi connectivity index (χ3v) is 6.42. The number of nitrogens with zero attached hydrogens (tertiary/aromatic N) is 3. The van der Waals surface area contributed by atoms with Crippen LogP contribution in [0.5, 0.6) is 0 Å². The van der Waals surface area contributed by atoms with Crippen molar-refractivity contribution >= 4 is 17.1 Å². The summed E-state index contributed by atoms with van der Waals surface area (Å²) >= 11 is 0. The maximum Gasteiger partial charge on any atom is 0.318 e. The van der Waals surface area contributed by atoms with Gasteiger partial charge >= 0.3 is 6.03 Å². The number of hydrogen-bond acceptors (Lipinski definition) is 2. The molecule has 5 rings (SSSR count). The summed E-state index contributed by atoms with van der Waals surface area (Å²) in [5, 5.41) is 3.28. The van der Waals surface area contributed by atoms with Crippen LogP contribution in [0.15, 0.2) is 91.3 Å². The molecule has 3 aromatic carbocycles. The molecule has 2 amide bonds. The molecule has 0 saturated carbocycles. The Kier molecular flexibility index (Phi) is 5.88. The summed E-state index contributed by atoms with van der Waals surface area (Å²) in [4.78, 5) is 19.6. The lowest BCUT2D eigenvalue weighted by atomic mass is 9.96. The highest BCUT2D eigenvalue weighted by atomic mass is 16.2. The van der Waals surface area contributed by atoms with Gasteiger partial charge in [0.2, 0.25) is 0 Å². The van der Waals surface area contributed by atoms with Crippen LogP contribution in [0.3, 0.4) is 0 Å². The number of carbonyl (C=O) groups excluding carboxylic acids is 1. The standard InChI is InChI=1S/C27H28N4O/c32-27(29-26(22-9-3-1-4-10-22)23-11-5-2-6-12-23)30-17-15-21(16-18-30)19-31-20-28-24-13-7-8-14-25(24)31/h1-14,20-21,26H,15-19H2,(H,29,32). The minimum absolute atomic E-state index is 0.00855. The maximum absolute atomic E-state index is 13.2. The summed E-state index contributed by atoms with van der Waals surface area (Å²) in [6.07, 6.45) is 3.94. The van der Waals surface area contributed by atoms with Crippen molar-refractivity contribution in [1.82, 2.24) is 19.8 Å². The van der Waals surface area contributed by atoms with Gasteiger partial charge in [-0.1, -0.05) is 72.8 Å². The maximum atomic E-state index is 13.2. The molecule has 0 spiro atoms. The van der Waals surface area contributed by atoms with Crippen molar-refractivity contribution in [1.29, 1.82) is 0 Å². The van der Waals surface area contributed by atoms with Gasteiger partial charge in [-0.2, -0.15) is 0 Å². The number of aromatic nitrogens is 2. The highest BCUT2D eigenvalue weighted by molar-refractivity contribution is 5.76. The summed E-state index contributed by atoms with van der Waals surface area (Å²) in [5.41, 5.74) is 4.40. The summed E-state index contributed by atoms with van der Waals surface area (Å²) in [6, 6.07) is 28.5. The Balaban J connectivity index is 1.22. The Bertz CT molecular complexity index is 1120. The van der Waals surface area contributed by atoms with Gasteiger partial charge in [-0.3, -0.25) is 0 Å². The Labute approximate surface area is 188 Å².